The van der Waals surface area contributed by atoms with Gasteiger partial charge in [-0.15, -0.1) is 0 Å². The number of carbonyl (C=O) groups excluding carboxylic acids is 2. The summed E-state index contributed by atoms with van der Waals surface area (Å²) in [7, 11) is 0. The largest absolute Gasteiger partial charge is 0.462 e. The molecule has 3 aromatic rings. The van der Waals surface area contributed by atoms with Crippen molar-refractivity contribution in [3.05, 3.63) is 77.6 Å². The van der Waals surface area contributed by atoms with E-state index in [1.165, 1.54) is 29.4 Å². The van der Waals surface area contributed by atoms with Crippen molar-refractivity contribution in [2.45, 2.75) is 65.3 Å². The molecule has 1 amide bonds. The maximum absolute atomic E-state index is 13.5. The molecule has 7 nitrogen and oxygen atoms in total. The molecule has 10 heteroatoms. The molecule has 1 unspecified atom stereocenters. The molecule has 39 heavy (non-hydrogen) atoms. The van der Waals surface area contributed by atoms with Crippen LogP contribution in [0.15, 0.2) is 60.9 Å². The van der Waals surface area contributed by atoms with Gasteiger partial charge < -0.3 is 9.47 Å². The van der Waals surface area contributed by atoms with Crippen LogP contribution in [0.5, 0.6) is 0 Å². The maximum atomic E-state index is 13.5. The minimum atomic E-state index is -4.44. The first-order chi connectivity index (χ1) is 18.3. The molecule has 1 heterocycles. The molecule has 0 saturated heterocycles. The third-order valence-electron chi connectivity index (χ3n) is 5.66. The van der Waals surface area contributed by atoms with Crippen molar-refractivity contribution in [3.8, 4) is 11.3 Å². The lowest BCUT2D eigenvalue weighted by Crippen LogP contribution is -2.40. The Hall–Kier alpha value is -3.95. The average molecular weight is 544 g/mol. The summed E-state index contributed by atoms with van der Waals surface area (Å²) in [5.74, 6) is -0.224. The zero-order valence-corrected chi connectivity index (χ0v) is 22.6. The quantitative estimate of drug-likeness (QED) is 0.272. The van der Waals surface area contributed by atoms with Crippen molar-refractivity contribution in [2.75, 3.05) is 11.5 Å². The fourth-order valence-corrected chi connectivity index (χ4v) is 3.89. The van der Waals surface area contributed by atoms with Crippen LogP contribution >= 0.6 is 0 Å². The normalized spacial score (nSPS) is 12.5. The van der Waals surface area contributed by atoms with Crippen molar-refractivity contribution in [2.24, 2.45) is 0 Å². The predicted molar refractivity (Wildman–Crippen MR) is 141 cm³/mol. The van der Waals surface area contributed by atoms with Gasteiger partial charge in [0.2, 0.25) is 0 Å². The van der Waals surface area contributed by atoms with Gasteiger partial charge in [0.05, 0.1) is 41.9 Å². The van der Waals surface area contributed by atoms with Crippen LogP contribution in [0.2, 0.25) is 0 Å². The number of nitrogens with zero attached hydrogens (tertiary/aromatic N) is 3. The number of amides is 1. The highest BCUT2D eigenvalue weighted by Crippen LogP contribution is 2.33. The molecule has 3 rings (SSSR count). The molecular weight excluding hydrogens is 511 g/mol. The Morgan fingerprint density at radius 3 is 2.05 bits per heavy atom. The van der Waals surface area contributed by atoms with Crippen LogP contribution in [0.3, 0.4) is 0 Å². The first-order valence-electron chi connectivity index (χ1n) is 12.6. The van der Waals surface area contributed by atoms with E-state index in [1.54, 1.807) is 52.0 Å². The summed E-state index contributed by atoms with van der Waals surface area (Å²) in [6.45, 7) is 9.23. The minimum Gasteiger partial charge on any atom is -0.462 e. The van der Waals surface area contributed by atoms with Crippen LogP contribution in [-0.2, 0) is 15.7 Å². The Balaban J connectivity index is 1.99. The third kappa shape index (κ3) is 7.78. The monoisotopic (exact) mass is 543 g/mol. The molecule has 0 fully saturated rings. The molecule has 0 saturated carbocycles. The maximum Gasteiger partial charge on any atom is 0.416 e. The molecule has 1 aromatic heterocycles. The molecule has 2 aromatic carbocycles. The van der Waals surface area contributed by atoms with Gasteiger partial charge in [-0.2, -0.15) is 13.2 Å². The Bertz CT molecular complexity index is 1250. The highest BCUT2D eigenvalue weighted by Gasteiger charge is 2.32. The highest BCUT2D eigenvalue weighted by atomic mass is 19.4. The summed E-state index contributed by atoms with van der Waals surface area (Å²) >= 11 is 0. The van der Waals surface area contributed by atoms with E-state index in [9.17, 15) is 22.8 Å². The standard InChI is InChI=1S/C29H32F3N3O4/c1-6-8-24(20-9-11-21(12-10-20)26(36)38-7-2)35(27(37)39-28(3,4)5)25-18-33-23(17-34-25)19-13-15-22(16-14-19)29(30,31)32/h9-18,24H,6-8H2,1-5H3. The Labute approximate surface area is 226 Å². The summed E-state index contributed by atoms with van der Waals surface area (Å²) < 4.78 is 49.5. The van der Waals surface area contributed by atoms with Crippen molar-refractivity contribution >= 4 is 17.9 Å². The summed E-state index contributed by atoms with van der Waals surface area (Å²) in [5, 5.41) is 0. The van der Waals surface area contributed by atoms with E-state index in [1.807, 2.05) is 6.92 Å². The lowest BCUT2D eigenvalue weighted by atomic mass is 9.99. The van der Waals surface area contributed by atoms with Gasteiger partial charge in [0.1, 0.15) is 5.60 Å². The number of ether oxygens (including phenoxy) is 2. The summed E-state index contributed by atoms with van der Waals surface area (Å²) in [6, 6.07) is 10.9. The van der Waals surface area contributed by atoms with Crippen LogP contribution in [0, 0.1) is 0 Å². The third-order valence-corrected chi connectivity index (χ3v) is 5.66. The first-order valence-corrected chi connectivity index (χ1v) is 12.6. The van der Waals surface area contributed by atoms with E-state index in [2.05, 4.69) is 9.97 Å². The van der Waals surface area contributed by atoms with E-state index in [4.69, 9.17) is 9.47 Å². The smallest absolute Gasteiger partial charge is 0.416 e. The van der Waals surface area contributed by atoms with Gasteiger partial charge in [-0.3, -0.25) is 9.88 Å². The number of rotatable bonds is 8. The molecule has 1 atom stereocenters. The van der Waals surface area contributed by atoms with Crippen LogP contribution in [-0.4, -0.2) is 34.2 Å². The molecule has 0 bridgehead atoms. The molecule has 208 valence electrons. The van der Waals surface area contributed by atoms with Crippen molar-refractivity contribution in [1.82, 2.24) is 9.97 Å². The summed E-state index contributed by atoms with van der Waals surface area (Å²) in [4.78, 5) is 35.8. The number of carbonyl (C=O) groups is 2. The van der Waals surface area contributed by atoms with E-state index < -0.39 is 35.4 Å². The van der Waals surface area contributed by atoms with Gasteiger partial charge in [0.25, 0.3) is 0 Å². The average Bonchev–Trinajstić information content (AvgIpc) is 2.87. The Morgan fingerprint density at radius 1 is 0.923 bits per heavy atom. The van der Waals surface area contributed by atoms with E-state index in [0.29, 0.717) is 23.2 Å². The van der Waals surface area contributed by atoms with Crippen LogP contribution in [0.4, 0.5) is 23.8 Å². The second kappa shape index (κ2) is 12.3. The molecular formula is C29H32F3N3O4. The molecule has 0 N–H and O–H groups in total. The number of hydrogen-bond donors (Lipinski definition) is 0. The first kappa shape index (κ1) is 29.6. The molecule has 0 aliphatic rings. The predicted octanol–water partition coefficient (Wildman–Crippen LogP) is 7.62. The lowest BCUT2D eigenvalue weighted by Gasteiger charge is -2.33. The number of anilines is 1. The van der Waals surface area contributed by atoms with Crippen LogP contribution in [0.25, 0.3) is 11.3 Å². The summed E-state index contributed by atoms with van der Waals surface area (Å²) in [6.07, 6.45) is -0.993. The van der Waals surface area contributed by atoms with E-state index >= 15 is 0 Å². The fraction of sp³-hybridized carbons (Fsp3) is 0.379. The van der Waals surface area contributed by atoms with Crippen molar-refractivity contribution < 1.29 is 32.2 Å². The van der Waals surface area contributed by atoms with Crippen molar-refractivity contribution in [3.63, 3.8) is 0 Å². The molecule has 0 spiro atoms. The fourth-order valence-electron chi connectivity index (χ4n) is 3.89. The number of hydrogen-bond acceptors (Lipinski definition) is 6. The zero-order chi connectivity index (χ0) is 28.8. The van der Waals surface area contributed by atoms with Gasteiger partial charge in [-0.25, -0.2) is 14.6 Å². The number of benzene rings is 2. The van der Waals surface area contributed by atoms with Gasteiger partial charge in [-0.1, -0.05) is 37.6 Å². The SMILES string of the molecule is CCCC(c1ccc(C(=O)OCC)cc1)N(C(=O)OC(C)(C)C)c1cnc(-c2ccc(C(F)(F)F)cc2)cn1. The number of aromatic nitrogens is 2. The zero-order valence-electron chi connectivity index (χ0n) is 22.6. The number of alkyl halides is 3. The lowest BCUT2D eigenvalue weighted by molar-refractivity contribution is -0.137. The summed E-state index contributed by atoms with van der Waals surface area (Å²) in [5.41, 5.74) is 0.397. The topological polar surface area (TPSA) is 81.6 Å². The van der Waals surface area contributed by atoms with Gasteiger partial charge in [-0.05, 0) is 63.9 Å². The van der Waals surface area contributed by atoms with E-state index in [-0.39, 0.29) is 12.4 Å². The van der Waals surface area contributed by atoms with Gasteiger partial charge in [0, 0.05) is 5.56 Å². The Morgan fingerprint density at radius 2 is 1.56 bits per heavy atom. The van der Waals surface area contributed by atoms with Gasteiger partial charge in [0.15, 0.2) is 5.82 Å². The van der Waals surface area contributed by atoms with Crippen molar-refractivity contribution in [1.29, 1.82) is 0 Å². The minimum absolute atomic E-state index is 0.216. The van der Waals surface area contributed by atoms with Crippen LogP contribution < -0.4 is 4.90 Å². The second-order valence-corrected chi connectivity index (χ2v) is 9.83. The Kier molecular flexibility index (Phi) is 9.32. The molecule has 0 aliphatic heterocycles. The number of halogens is 3. The van der Waals surface area contributed by atoms with Crippen LogP contribution in [0.1, 0.15) is 75.0 Å². The highest BCUT2D eigenvalue weighted by molar-refractivity contribution is 5.90. The molecule has 0 aliphatic carbocycles. The van der Waals surface area contributed by atoms with E-state index in [0.717, 1.165) is 24.1 Å². The second-order valence-electron chi connectivity index (χ2n) is 9.83. The number of esters is 1. The molecule has 0 radical (unpaired) electrons. The van der Waals surface area contributed by atoms with Gasteiger partial charge >= 0.3 is 18.2 Å².